The van der Waals surface area contributed by atoms with Crippen LogP contribution in [0.25, 0.3) is 0 Å². The molecule has 4 fully saturated rings. The van der Waals surface area contributed by atoms with E-state index >= 15 is 0 Å². The van der Waals surface area contributed by atoms with Crippen LogP contribution in [0.4, 0.5) is 26.3 Å². The van der Waals surface area contributed by atoms with E-state index in [1.54, 1.807) is 6.92 Å². The van der Waals surface area contributed by atoms with Gasteiger partial charge in [-0.2, -0.15) is 26.3 Å². The zero-order valence-corrected chi connectivity index (χ0v) is 21.7. The third-order valence-electron chi connectivity index (χ3n) is 9.82. The molecular formula is C28H36F6O3. The molecule has 2 atom stereocenters. The molecule has 1 aromatic rings. The Bertz CT molecular complexity index is 957. The van der Waals surface area contributed by atoms with Gasteiger partial charge in [-0.05, 0) is 93.9 Å². The SMILES string of the molecule is CCC(C)(CC(C)c1ccc(C(O)(C(F)(F)F)C(F)(F)F)cc1)C(=O)OC1(C)C2CC3CC(C2)CC1C3. The van der Waals surface area contributed by atoms with E-state index < -0.39 is 34.5 Å². The highest BCUT2D eigenvalue weighted by Crippen LogP contribution is 2.60. The first-order chi connectivity index (χ1) is 16.9. The maximum atomic E-state index is 13.6. The summed E-state index contributed by atoms with van der Waals surface area (Å²) < 4.78 is 85.6. The number of hydrogen-bond acceptors (Lipinski definition) is 3. The van der Waals surface area contributed by atoms with E-state index in [1.807, 2.05) is 13.8 Å². The van der Waals surface area contributed by atoms with Crippen LogP contribution in [-0.2, 0) is 15.1 Å². The van der Waals surface area contributed by atoms with Crippen molar-refractivity contribution in [2.24, 2.45) is 29.1 Å². The highest BCUT2D eigenvalue weighted by atomic mass is 19.4. The number of rotatable bonds is 7. The Kier molecular flexibility index (Phi) is 6.99. The first-order valence-corrected chi connectivity index (χ1v) is 13.1. The molecule has 3 nitrogen and oxygen atoms in total. The Balaban J connectivity index is 1.49. The molecule has 0 radical (unpaired) electrons. The summed E-state index contributed by atoms with van der Waals surface area (Å²) >= 11 is 0. The van der Waals surface area contributed by atoms with Gasteiger partial charge in [0.15, 0.2) is 0 Å². The van der Waals surface area contributed by atoms with Gasteiger partial charge in [0, 0.05) is 5.56 Å². The van der Waals surface area contributed by atoms with E-state index in [0.29, 0.717) is 42.4 Å². The monoisotopic (exact) mass is 534 g/mol. The lowest BCUT2D eigenvalue weighted by molar-refractivity contribution is -0.376. The maximum Gasteiger partial charge on any atom is 0.430 e. The number of esters is 1. The molecule has 0 amide bonds. The number of carbonyl (C=O) groups is 1. The first-order valence-electron chi connectivity index (χ1n) is 13.1. The smallest absolute Gasteiger partial charge is 0.430 e. The number of benzene rings is 1. The topological polar surface area (TPSA) is 46.5 Å². The molecule has 0 heterocycles. The van der Waals surface area contributed by atoms with Crippen molar-refractivity contribution < 1.29 is 41.0 Å². The predicted octanol–water partition coefficient (Wildman–Crippen LogP) is 7.67. The minimum atomic E-state index is -5.93. The number of aliphatic hydroxyl groups is 1. The summed E-state index contributed by atoms with van der Waals surface area (Å²) in [6.45, 7) is 7.54. The molecule has 2 unspecified atom stereocenters. The van der Waals surface area contributed by atoms with Crippen molar-refractivity contribution >= 4 is 5.97 Å². The molecule has 0 spiro atoms. The molecule has 4 saturated carbocycles. The minimum absolute atomic E-state index is 0.294. The number of alkyl halides is 6. The van der Waals surface area contributed by atoms with Crippen LogP contribution in [-0.4, -0.2) is 29.0 Å². The fourth-order valence-electron chi connectivity index (χ4n) is 7.32. The Morgan fingerprint density at radius 3 is 1.84 bits per heavy atom. The first kappa shape index (κ1) is 28.2. The van der Waals surface area contributed by atoms with E-state index in [-0.39, 0.29) is 11.9 Å². The highest BCUT2D eigenvalue weighted by molar-refractivity contribution is 5.77. The molecular weight excluding hydrogens is 498 g/mol. The zero-order valence-electron chi connectivity index (χ0n) is 21.7. The number of halogens is 6. The molecule has 0 aromatic heterocycles. The van der Waals surface area contributed by atoms with E-state index in [9.17, 15) is 36.2 Å². The molecule has 1 N–H and O–H groups in total. The third kappa shape index (κ3) is 4.67. The molecule has 4 aliphatic carbocycles. The van der Waals surface area contributed by atoms with Crippen LogP contribution in [0.15, 0.2) is 24.3 Å². The summed E-state index contributed by atoms with van der Waals surface area (Å²) in [5.41, 5.74) is -7.14. The normalized spacial score (nSPS) is 32.2. The van der Waals surface area contributed by atoms with Crippen LogP contribution < -0.4 is 0 Å². The van der Waals surface area contributed by atoms with Gasteiger partial charge < -0.3 is 9.84 Å². The molecule has 4 aliphatic rings. The second-order valence-electron chi connectivity index (χ2n) is 12.2. The van der Waals surface area contributed by atoms with Crippen molar-refractivity contribution in [1.82, 2.24) is 0 Å². The molecule has 4 bridgehead atoms. The summed E-state index contributed by atoms with van der Waals surface area (Å²) in [6.07, 6.45) is -5.44. The van der Waals surface area contributed by atoms with Gasteiger partial charge in [0.05, 0.1) is 5.41 Å². The van der Waals surface area contributed by atoms with Gasteiger partial charge in [0.1, 0.15) is 5.60 Å². The van der Waals surface area contributed by atoms with Gasteiger partial charge in [0.2, 0.25) is 0 Å². The number of hydrogen-bond donors (Lipinski definition) is 1. The lowest BCUT2D eigenvalue weighted by Gasteiger charge is -2.59. The number of carbonyl (C=O) groups excluding carboxylic acids is 1. The average Bonchev–Trinajstić information content (AvgIpc) is 2.80. The Hall–Kier alpha value is -1.77. The molecule has 208 valence electrons. The quantitative estimate of drug-likeness (QED) is 0.289. The zero-order chi connectivity index (χ0) is 27.6. The summed E-state index contributed by atoms with van der Waals surface area (Å²) in [7, 11) is 0. The standard InChI is InChI=1S/C28H36F6O3/c1-5-24(3,23(35)37-25(4)21-11-17-10-18(13-21)14-22(25)12-17)15-16(2)19-6-8-20(9-7-19)26(36,27(29,30)31)28(32,33)34/h6-9,16-18,21-22,36H,5,10-15H2,1-4H3. The molecule has 37 heavy (non-hydrogen) atoms. The Labute approximate surface area is 214 Å². The summed E-state index contributed by atoms with van der Waals surface area (Å²) in [6, 6.07) is 3.62. The minimum Gasteiger partial charge on any atom is -0.458 e. The van der Waals surface area contributed by atoms with Crippen molar-refractivity contribution in [1.29, 1.82) is 0 Å². The van der Waals surface area contributed by atoms with E-state index in [1.165, 1.54) is 6.42 Å². The highest BCUT2D eigenvalue weighted by Gasteiger charge is 2.71. The molecule has 9 heteroatoms. The molecule has 1 aromatic carbocycles. The van der Waals surface area contributed by atoms with E-state index in [0.717, 1.165) is 49.7 Å². The van der Waals surface area contributed by atoms with Crippen LogP contribution in [0.1, 0.15) is 89.7 Å². The van der Waals surface area contributed by atoms with Gasteiger partial charge in [0.25, 0.3) is 5.60 Å². The summed E-state index contributed by atoms with van der Waals surface area (Å²) in [5, 5.41) is 9.64. The summed E-state index contributed by atoms with van der Waals surface area (Å²) in [4.78, 5) is 13.6. The van der Waals surface area contributed by atoms with Gasteiger partial charge in [-0.1, -0.05) is 38.1 Å². The van der Waals surface area contributed by atoms with E-state index in [2.05, 4.69) is 6.92 Å². The van der Waals surface area contributed by atoms with Gasteiger partial charge in [-0.3, -0.25) is 4.79 Å². The van der Waals surface area contributed by atoms with Crippen LogP contribution in [0.3, 0.4) is 0 Å². The van der Waals surface area contributed by atoms with Crippen LogP contribution in [0.5, 0.6) is 0 Å². The fraction of sp³-hybridized carbons (Fsp3) is 0.750. The van der Waals surface area contributed by atoms with Crippen molar-refractivity contribution in [2.75, 3.05) is 0 Å². The fourth-order valence-corrected chi connectivity index (χ4v) is 7.32. The molecule has 0 aliphatic heterocycles. The molecule has 5 rings (SSSR count). The largest absolute Gasteiger partial charge is 0.458 e. The lowest BCUT2D eigenvalue weighted by atomic mass is 9.50. The van der Waals surface area contributed by atoms with Crippen molar-refractivity contribution in [3.8, 4) is 0 Å². The van der Waals surface area contributed by atoms with E-state index in [4.69, 9.17) is 4.74 Å². The molecule has 0 saturated heterocycles. The summed E-state index contributed by atoms with van der Waals surface area (Å²) in [5.74, 6) is 1.53. The van der Waals surface area contributed by atoms with Gasteiger partial charge in [-0.15, -0.1) is 0 Å². The lowest BCUT2D eigenvalue weighted by Crippen LogP contribution is -2.58. The van der Waals surface area contributed by atoms with Gasteiger partial charge in [-0.25, -0.2) is 0 Å². The Morgan fingerprint density at radius 2 is 1.43 bits per heavy atom. The predicted molar refractivity (Wildman–Crippen MR) is 125 cm³/mol. The second-order valence-corrected chi connectivity index (χ2v) is 12.2. The van der Waals surface area contributed by atoms with Crippen LogP contribution in [0, 0.1) is 29.1 Å². The van der Waals surface area contributed by atoms with Crippen LogP contribution in [0.2, 0.25) is 0 Å². The second kappa shape index (κ2) is 9.16. The maximum absolute atomic E-state index is 13.6. The van der Waals surface area contributed by atoms with Crippen molar-refractivity contribution in [2.45, 2.75) is 102 Å². The number of ether oxygens (including phenoxy) is 1. The van der Waals surface area contributed by atoms with Gasteiger partial charge >= 0.3 is 18.3 Å². The third-order valence-corrected chi connectivity index (χ3v) is 9.82. The van der Waals surface area contributed by atoms with Crippen molar-refractivity contribution in [3.05, 3.63) is 35.4 Å². The Morgan fingerprint density at radius 1 is 0.973 bits per heavy atom. The average molecular weight is 535 g/mol. The van der Waals surface area contributed by atoms with Crippen LogP contribution >= 0.6 is 0 Å². The van der Waals surface area contributed by atoms with Crippen molar-refractivity contribution in [3.63, 3.8) is 0 Å².